The van der Waals surface area contributed by atoms with Crippen LogP contribution in [0.3, 0.4) is 0 Å². The second kappa shape index (κ2) is 7.09. The first kappa shape index (κ1) is 16.2. The van der Waals surface area contributed by atoms with E-state index in [2.05, 4.69) is 27.9 Å². The molecule has 1 rings (SSSR count). The van der Waals surface area contributed by atoms with Gasteiger partial charge >= 0.3 is 0 Å². The molecule has 106 valence electrons. The van der Waals surface area contributed by atoms with Crippen LogP contribution >= 0.6 is 22.6 Å². The highest BCUT2D eigenvalue weighted by Gasteiger charge is 2.19. The molecule has 3 N–H and O–H groups in total. The van der Waals surface area contributed by atoms with Gasteiger partial charge in [-0.15, -0.1) is 0 Å². The number of nitrogens with one attached hydrogen (secondary N) is 1. The van der Waals surface area contributed by atoms with Crippen LogP contribution in [0, 0.1) is 8.99 Å². The van der Waals surface area contributed by atoms with Crippen molar-refractivity contribution in [1.82, 2.24) is 5.32 Å². The molecule has 0 aromatic heterocycles. The van der Waals surface area contributed by atoms with Crippen molar-refractivity contribution in [3.63, 3.8) is 0 Å². The highest BCUT2D eigenvalue weighted by Crippen LogP contribution is 2.22. The van der Waals surface area contributed by atoms with Crippen molar-refractivity contribution in [3.05, 3.63) is 27.3 Å². The Morgan fingerprint density at radius 2 is 2.11 bits per heavy atom. The zero-order chi connectivity index (χ0) is 14.5. The summed E-state index contributed by atoms with van der Waals surface area (Å²) >= 11 is 2.10. The fraction of sp³-hybridized carbons (Fsp3) is 0.500. The molecule has 1 aromatic rings. The molecule has 0 bridgehead atoms. The Balaban J connectivity index is 2.62. The van der Waals surface area contributed by atoms with Crippen molar-refractivity contribution in [1.29, 1.82) is 0 Å². The Morgan fingerprint density at radius 1 is 1.42 bits per heavy atom. The zero-order valence-electron chi connectivity index (χ0n) is 11.2. The van der Waals surface area contributed by atoms with E-state index in [1.165, 1.54) is 6.07 Å². The number of halogens is 1. The summed E-state index contributed by atoms with van der Waals surface area (Å²) in [6.45, 7) is 4.75. The van der Waals surface area contributed by atoms with Gasteiger partial charge in [0.05, 0.1) is 5.56 Å². The van der Waals surface area contributed by atoms with E-state index in [1.807, 2.05) is 13.8 Å². The summed E-state index contributed by atoms with van der Waals surface area (Å²) in [5, 5.41) is 21.3. The molecule has 19 heavy (non-hydrogen) atoms. The van der Waals surface area contributed by atoms with Gasteiger partial charge in [-0.2, -0.15) is 0 Å². The van der Waals surface area contributed by atoms with E-state index in [0.29, 0.717) is 12.1 Å². The van der Waals surface area contributed by atoms with Crippen LogP contribution in [0.1, 0.15) is 37.0 Å². The van der Waals surface area contributed by atoms with Gasteiger partial charge in [-0.3, -0.25) is 4.79 Å². The molecule has 4 nitrogen and oxygen atoms in total. The molecule has 0 unspecified atom stereocenters. The number of phenolic OH excluding ortho intramolecular Hbond substituents is 1. The van der Waals surface area contributed by atoms with Crippen molar-refractivity contribution in [2.24, 2.45) is 5.41 Å². The topological polar surface area (TPSA) is 69.6 Å². The molecule has 0 heterocycles. The van der Waals surface area contributed by atoms with Crippen LogP contribution in [0.2, 0.25) is 0 Å². The Bertz CT molecular complexity index is 446. The van der Waals surface area contributed by atoms with Crippen molar-refractivity contribution < 1.29 is 15.0 Å². The standard InChI is InChI=1S/C14H20INO3/c1-14(2,6-3-7-17)9-16-13(19)11-8-10(15)4-5-12(11)18/h4-5,8,17-18H,3,6-7,9H2,1-2H3,(H,16,19). The Kier molecular flexibility index (Phi) is 6.06. The number of benzene rings is 1. The van der Waals surface area contributed by atoms with Gasteiger partial charge in [0.15, 0.2) is 0 Å². The smallest absolute Gasteiger partial charge is 0.255 e. The van der Waals surface area contributed by atoms with Gasteiger partial charge in [0, 0.05) is 16.7 Å². The lowest BCUT2D eigenvalue weighted by Gasteiger charge is -2.24. The summed E-state index contributed by atoms with van der Waals surface area (Å²) in [5.41, 5.74) is 0.223. The molecule has 0 radical (unpaired) electrons. The zero-order valence-corrected chi connectivity index (χ0v) is 13.4. The molecule has 0 atom stereocenters. The quantitative estimate of drug-likeness (QED) is 0.668. The van der Waals surface area contributed by atoms with Crippen LogP contribution in [-0.4, -0.2) is 29.3 Å². The average Bonchev–Trinajstić information content (AvgIpc) is 2.36. The van der Waals surface area contributed by atoms with E-state index in [4.69, 9.17) is 5.11 Å². The van der Waals surface area contributed by atoms with E-state index in [1.54, 1.807) is 12.1 Å². The molecule has 0 saturated carbocycles. The fourth-order valence-electron chi connectivity index (χ4n) is 1.75. The highest BCUT2D eigenvalue weighted by atomic mass is 127. The monoisotopic (exact) mass is 377 g/mol. The molecule has 5 heteroatoms. The molecule has 0 aliphatic heterocycles. The number of aromatic hydroxyl groups is 1. The molecule has 0 saturated heterocycles. The summed E-state index contributed by atoms with van der Waals surface area (Å²) in [4.78, 5) is 12.0. The predicted octanol–water partition coefficient (Wildman–Crippen LogP) is 2.53. The Morgan fingerprint density at radius 3 is 2.74 bits per heavy atom. The molecule has 1 amide bonds. The molecular formula is C14H20INO3. The average molecular weight is 377 g/mol. The predicted molar refractivity (Wildman–Crippen MR) is 83.3 cm³/mol. The first-order valence-electron chi connectivity index (χ1n) is 6.23. The van der Waals surface area contributed by atoms with Gasteiger partial charge in [0.25, 0.3) is 5.91 Å². The van der Waals surface area contributed by atoms with Crippen molar-refractivity contribution >= 4 is 28.5 Å². The van der Waals surface area contributed by atoms with E-state index in [-0.39, 0.29) is 23.7 Å². The summed E-state index contributed by atoms with van der Waals surface area (Å²) in [6.07, 6.45) is 1.56. The van der Waals surface area contributed by atoms with Crippen LogP contribution < -0.4 is 5.32 Å². The summed E-state index contributed by atoms with van der Waals surface area (Å²) in [5.74, 6) is -0.279. The number of phenols is 1. The third kappa shape index (κ3) is 5.36. The maximum Gasteiger partial charge on any atom is 0.255 e. The van der Waals surface area contributed by atoms with Gasteiger partial charge in [0.2, 0.25) is 0 Å². The first-order valence-corrected chi connectivity index (χ1v) is 7.31. The lowest BCUT2D eigenvalue weighted by molar-refractivity contribution is 0.0930. The molecule has 0 spiro atoms. The second-order valence-electron chi connectivity index (χ2n) is 5.34. The van der Waals surface area contributed by atoms with Crippen molar-refractivity contribution in [2.45, 2.75) is 26.7 Å². The van der Waals surface area contributed by atoms with Crippen LogP contribution in [0.15, 0.2) is 18.2 Å². The molecule has 0 aliphatic rings. The van der Waals surface area contributed by atoms with Crippen molar-refractivity contribution in [2.75, 3.05) is 13.2 Å². The lowest BCUT2D eigenvalue weighted by Crippen LogP contribution is -2.34. The Labute approximate surface area is 127 Å². The van der Waals surface area contributed by atoms with Crippen LogP contribution in [0.4, 0.5) is 0 Å². The van der Waals surface area contributed by atoms with Gasteiger partial charge in [-0.05, 0) is 59.0 Å². The fourth-order valence-corrected chi connectivity index (χ4v) is 2.24. The maximum absolute atomic E-state index is 12.0. The number of amides is 1. The van der Waals surface area contributed by atoms with E-state index in [9.17, 15) is 9.90 Å². The number of carbonyl (C=O) groups is 1. The maximum atomic E-state index is 12.0. The first-order chi connectivity index (χ1) is 8.85. The molecule has 1 aromatic carbocycles. The van der Waals surface area contributed by atoms with Gasteiger partial charge < -0.3 is 15.5 Å². The van der Waals surface area contributed by atoms with E-state index in [0.717, 1.165) is 16.4 Å². The number of rotatable bonds is 6. The number of hydrogen-bond donors (Lipinski definition) is 3. The van der Waals surface area contributed by atoms with Crippen LogP contribution in [-0.2, 0) is 0 Å². The molecular weight excluding hydrogens is 357 g/mol. The SMILES string of the molecule is CC(C)(CCCO)CNC(=O)c1cc(I)ccc1O. The second-order valence-corrected chi connectivity index (χ2v) is 6.58. The van der Waals surface area contributed by atoms with E-state index >= 15 is 0 Å². The van der Waals surface area contributed by atoms with Gasteiger partial charge in [-0.1, -0.05) is 13.8 Å². The van der Waals surface area contributed by atoms with Crippen LogP contribution in [0.5, 0.6) is 5.75 Å². The van der Waals surface area contributed by atoms with Gasteiger partial charge in [-0.25, -0.2) is 0 Å². The number of aliphatic hydroxyl groups excluding tert-OH is 1. The summed E-state index contributed by atoms with van der Waals surface area (Å²) in [6, 6.07) is 4.93. The number of aliphatic hydroxyl groups is 1. The minimum atomic E-state index is -0.270. The van der Waals surface area contributed by atoms with E-state index < -0.39 is 0 Å². The third-order valence-corrected chi connectivity index (χ3v) is 3.61. The Hall–Kier alpha value is -0.820. The summed E-state index contributed by atoms with van der Waals surface area (Å²) < 4.78 is 0.903. The van der Waals surface area contributed by atoms with Crippen LogP contribution in [0.25, 0.3) is 0 Å². The lowest BCUT2D eigenvalue weighted by atomic mass is 9.88. The number of hydrogen-bond acceptors (Lipinski definition) is 3. The minimum Gasteiger partial charge on any atom is -0.507 e. The third-order valence-electron chi connectivity index (χ3n) is 2.94. The number of carbonyl (C=O) groups excluding carboxylic acids is 1. The normalized spacial score (nSPS) is 11.4. The largest absolute Gasteiger partial charge is 0.507 e. The minimum absolute atomic E-state index is 0.00826. The van der Waals surface area contributed by atoms with Gasteiger partial charge in [0.1, 0.15) is 5.75 Å². The summed E-state index contributed by atoms with van der Waals surface area (Å²) in [7, 11) is 0. The molecule has 0 aliphatic carbocycles. The van der Waals surface area contributed by atoms with Crippen molar-refractivity contribution in [3.8, 4) is 5.75 Å². The highest BCUT2D eigenvalue weighted by molar-refractivity contribution is 14.1. The molecule has 0 fully saturated rings.